The van der Waals surface area contributed by atoms with E-state index in [0.29, 0.717) is 12.3 Å². The molecular weight excluding hydrogens is 314 g/mol. The number of nitrogens with zero attached hydrogens (tertiary/aromatic N) is 1. The molecular formula is C17H15NO2S2. The van der Waals surface area contributed by atoms with Crippen LogP contribution in [0.2, 0.25) is 0 Å². The van der Waals surface area contributed by atoms with Gasteiger partial charge in [0, 0.05) is 5.69 Å². The quantitative estimate of drug-likeness (QED) is 0.616. The zero-order chi connectivity index (χ0) is 15.2. The minimum Gasteiger partial charge on any atom is -0.467 e. The standard InChI is InChI=1S/C17H15NO2S2/c19-16(13-22-17-9-5-11-21-17)18(12-15-8-4-10-20-15)14-6-2-1-3-7-14/h1-11H,12-13H2. The van der Waals surface area contributed by atoms with Gasteiger partial charge in [-0.15, -0.1) is 23.1 Å². The second-order valence-electron chi connectivity index (χ2n) is 4.62. The largest absolute Gasteiger partial charge is 0.467 e. The van der Waals surface area contributed by atoms with Crippen LogP contribution >= 0.6 is 23.1 Å². The molecule has 0 spiro atoms. The Hall–Kier alpha value is -1.98. The van der Waals surface area contributed by atoms with Gasteiger partial charge in [0.1, 0.15) is 5.76 Å². The Morgan fingerprint density at radius 2 is 1.95 bits per heavy atom. The summed E-state index contributed by atoms with van der Waals surface area (Å²) >= 11 is 3.22. The molecule has 0 fully saturated rings. The monoisotopic (exact) mass is 329 g/mol. The maximum atomic E-state index is 12.6. The lowest BCUT2D eigenvalue weighted by Gasteiger charge is -2.21. The Bertz CT molecular complexity index is 694. The molecule has 0 bridgehead atoms. The Morgan fingerprint density at radius 3 is 2.64 bits per heavy atom. The van der Waals surface area contributed by atoms with Gasteiger partial charge in [0.25, 0.3) is 0 Å². The lowest BCUT2D eigenvalue weighted by Crippen LogP contribution is -2.31. The highest BCUT2D eigenvalue weighted by atomic mass is 32.2. The highest BCUT2D eigenvalue weighted by molar-refractivity contribution is 8.01. The highest BCUT2D eigenvalue weighted by Crippen LogP contribution is 2.25. The van der Waals surface area contributed by atoms with Crippen molar-refractivity contribution in [1.82, 2.24) is 0 Å². The molecule has 1 aromatic carbocycles. The molecule has 3 aromatic rings. The van der Waals surface area contributed by atoms with E-state index in [0.717, 1.165) is 15.7 Å². The average Bonchev–Trinajstić information content (AvgIpc) is 3.24. The number of benzene rings is 1. The second-order valence-corrected chi connectivity index (χ2v) is 6.84. The third kappa shape index (κ3) is 3.81. The molecule has 0 saturated heterocycles. The smallest absolute Gasteiger partial charge is 0.237 e. The van der Waals surface area contributed by atoms with Crippen LogP contribution in [0.25, 0.3) is 0 Å². The van der Waals surface area contributed by atoms with Gasteiger partial charge >= 0.3 is 0 Å². The van der Waals surface area contributed by atoms with E-state index in [4.69, 9.17) is 4.42 Å². The third-order valence-electron chi connectivity index (χ3n) is 3.10. The van der Waals surface area contributed by atoms with Gasteiger partial charge in [-0.1, -0.05) is 24.3 Å². The number of rotatable bonds is 6. The summed E-state index contributed by atoms with van der Waals surface area (Å²) in [5, 5.41) is 2.02. The summed E-state index contributed by atoms with van der Waals surface area (Å²) in [6, 6.07) is 17.4. The van der Waals surface area contributed by atoms with Crippen LogP contribution in [-0.4, -0.2) is 11.7 Å². The number of thioether (sulfide) groups is 1. The van der Waals surface area contributed by atoms with Crippen molar-refractivity contribution in [1.29, 1.82) is 0 Å². The fourth-order valence-corrected chi connectivity index (χ4v) is 3.71. The number of amides is 1. The maximum Gasteiger partial charge on any atom is 0.237 e. The molecule has 0 aliphatic rings. The normalized spacial score (nSPS) is 10.5. The van der Waals surface area contributed by atoms with E-state index in [1.54, 1.807) is 34.3 Å². The lowest BCUT2D eigenvalue weighted by atomic mass is 10.2. The minimum atomic E-state index is 0.0704. The maximum absolute atomic E-state index is 12.6. The van der Waals surface area contributed by atoms with Crippen LogP contribution in [0.5, 0.6) is 0 Å². The average molecular weight is 329 g/mol. The molecule has 0 saturated carbocycles. The number of furan rings is 1. The topological polar surface area (TPSA) is 33.5 Å². The summed E-state index contributed by atoms with van der Waals surface area (Å²) in [4.78, 5) is 14.4. The molecule has 0 aliphatic heterocycles. The zero-order valence-corrected chi connectivity index (χ0v) is 13.5. The summed E-state index contributed by atoms with van der Waals surface area (Å²) in [7, 11) is 0. The van der Waals surface area contributed by atoms with Gasteiger partial charge in [-0.05, 0) is 35.7 Å². The van der Waals surface area contributed by atoms with Crippen LogP contribution in [0.1, 0.15) is 5.76 Å². The summed E-state index contributed by atoms with van der Waals surface area (Å²) in [6.07, 6.45) is 1.63. The molecule has 1 amide bonds. The Labute approximate surface area is 137 Å². The SMILES string of the molecule is O=C(CSc1cccs1)N(Cc1ccco1)c1ccccc1. The summed E-state index contributed by atoms with van der Waals surface area (Å²) in [5.74, 6) is 1.26. The van der Waals surface area contributed by atoms with E-state index >= 15 is 0 Å². The van der Waals surface area contributed by atoms with Crippen molar-refractivity contribution in [3.05, 3.63) is 72.0 Å². The number of hydrogen-bond acceptors (Lipinski definition) is 4. The second kappa shape index (κ2) is 7.33. The third-order valence-corrected chi connectivity index (χ3v) is 5.21. The predicted octanol–water partition coefficient (Wildman–Crippen LogP) is 4.67. The first kappa shape index (κ1) is 14.9. The lowest BCUT2D eigenvalue weighted by molar-refractivity contribution is -0.116. The predicted molar refractivity (Wildman–Crippen MR) is 91.4 cm³/mol. The summed E-state index contributed by atoms with van der Waals surface area (Å²) < 4.78 is 6.54. The van der Waals surface area contributed by atoms with E-state index in [1.165, 1.54) is 0 Å². The molecule has 5 heteroatoms. The van der Waals surface area contributed by atoms with E-state index in [-0.39, 0.29) is 5.91 Å². The molecule has 112 valence electrons. The van der Waals surface area contributed by atoms with Gasteiger partial charge < -0.3 is 9.32 Å². The van der Waals surface area contributed by atoms with Crippen LogP contribution in [-0.2, 0) is 11.3 Å². The molecule has 0 unspecified atom stereocenters. The first-order valence-electron chi connectivity index (χ1n) is 6.87. The molecule has 2 heterocycles. The molecule has 2 aromatic heterocycles. The van der Waals surface area contributed by atoms with Crippen LogP contribution in [0.3, 0.4) is 0 Å². The molecule has 3 rings (SSSR count). The fourth-order valence-electron chi connectivity index (χ4n) is 2.05. The van der Waals surface area contributed by atoms with Gasteiger partial charge in [0.2, 0.25) is 5.91 Å². The van der Waals surface area contributed by atoms with E-state index < -0.39 is 0 Å². The minimum absolute atomic E-state index is 0.0704. The number of thiophene rings is 1. The van der Waals surface area contributed by atoms with Crippen molar-refractivity contribution in [2.24, 2.45) is 0 Å². The summed E-state index contributed by atoms with van der Waals surface area (Å²) in [5.41, 5.74) is 0.885. The van der Waals surface area contributed by atoms with Gasteiger partial charge in [0.05, 0.1) is 22.8 Å². The van der Waals surface area contributed by atoms with Crippen LogP contribution in [0, 0.1) is 0 Å². The molecule has 0 aliphatic carbocycles. The Balaban J connectivity index is 1.74. The zero-order valence-electron chi connectivity index (χ0n) is 11.8. The van der Waals surface area contributed by atoms with Crippen molar-refractivity contribution >= 4 is 34.7 Å². The van der Waals surface area contributed by atoms with E-state index in [1.807, 2.05) is 60.0 Å². The number of carbonyl (C=O) groups is 1. The summed E-state index contributed by atoms with van der Waals surface area (Å²) in [6.45, 7) is 0.445. The van der Waals surface area contributed by atoms with Crippen LogP contribution < -0.4 is 4.90 Å². The van der Waals surface area contributed by atoms with Crippen molar-refractivity contribution in [3.63, 3.8) is 0 Å². The first-order chi connectivity index (χ1) is 10.8. The van der Waals surface area contributed by atoms with Gasteiger partial charge in [-0.3, -0.25) is 4.79 Å². The fraction of sp³-hybridized carbons (Fsp3) is 0.118. The molecule has 3 nitrogen and oxygen atoms in total. The molecule has 0 radical (unpaired) electrons. The number of anilines is 1. The van der Waals surface area contributed by atoms with E-state index in [2.05, 4.69) is 0 Å². The molecule has 0 N–H and O–H groups in total. The van der Waals surface area contributed by atoms with Crippen LogP contribution in [0.4, 0.5) is 5.69 Å². The number of hydrogen-bond donors (Lipinski definition) is 0. The highest BCUT2D eigenvalue weighted by Gasteiger charge is 2.17. The molecule has 0 atom stereocenters. The van der Waals surface area contributed by atoms with E-state index in [9.17, 15) is 4.79 Å². The van der Waals surface area contributed by atoms with Crippen molar-refractivity contribution < 1.29 is 9.21 Å². The number of para-hydroxylation sites is 1. The van der Waals surface area contributed by atoms with Crippen molar-refractivity contribution in [2.45, 2.75) is 10.8 Å². The van der Waals surface area contributed by atoms with Crippen LogP contribution in [0.15, 0.2) is 74.9 Å². The van der Waals surface area contributed by atoms with Gasteiger partial charge in [-0.25, -0.2) is 0 Å². The van der Waals surface area contributed by atoms with Crippen molar-refractivity contribution in [3.8, 4) is 0 Å². The first-order valence-corrected chi connectivity index (χ1v) is 8.73. The Morgan fingerprint density at radius 1 is 1.09 bits per heavy atom. The number of carbonyl (C=O) groups excluding carboxylic acids is 1. The van der Waals surface area contributed by atoms with Gasteiger partial charge in [0.15, 0.2) is 0 Å². The molecule has 22 heavy (non-hydrogen) atoms. The van der Waals surface area contributed by atoms with Gasteiger partial charge in [-0.2, -0.15) is 0 Å². The Kier molecular flexibility index (Phi) is 4.98. The van der Waals surface area contributed by atoms with Crippen molar-refractivity contribution in [2.75, 3.05) is 10.7 Å².